The number of ether oxygens (including phenoxy) is 3. The molecular weight excluding hydrogens is 554 g/mol. The SMILES string of the molecule is CCOc1cc(C2/C(=C(/O)c3ccc(OCc4ccccc4)c(C)c3)C(=O)C(=O)N2c2cccc(Cl)c2)ccc1OC. The quantitative estimate of drug-likeness (QED) is 0.127. The smallest absolute Gasteiger partial charge is 0.300 e. The van der Waals surface area contributed by atoms with Crippen LogP contribution in [0, 0.1) is 6.92 Å². The number of amides is 1. The molecule has 0 saturated carbocycles. The minimum absolute atomic E-state index is 0.0510. The number of nitrogens with zero attached hydrogens (tertiary/aromatic N) is 1. The molecule has 1 amide bonds. The van der Waals surface area contributed by atoms with Crippen LogP contribution in [0.2, 0.25) is 5.02 Å². The number of hydrogen-bond donors (Lipinski definition) is 1. The van der Waals surface area contributed by atoms with Gasteiger partial charge in [-0.3, -0.25) is 14.5 Å². The first-order valence-corrected chi connectivity index (χ1v) is 13.8. The fourth-order valence-corrected chi connectivity index (χ4v) is 5.21. The van der Waals surface area contributed by atoms with Gasteiger partial charge < -0.3 is 19.3 Å². The maximum atomic E-state index is 13.6. The molecule has 4 aromatic rings. The summed E-state index contributed by atoms with van der Waals surface area (Å²) in [6.45, 7) is 4.47. The average Bonchev–Trinajstić information content (AvgIpc) is 3.26. The highest BCUT2D eigenvalue weighted by Gasteiger charge is 2.47. The summed E-state index contributed by atoms with van der Waals surface area (Å²) >= 11 is 6.27. The summed E-state index contributed by atoms with van der Waals surface area (Å²) in [6, 6.07) is 25.8. The average molecular weight is 584 g/mol. The Hall–Kier alpha value is -4.75. The molecule has 1 unspecified atom stereocenters. The second kappa shape index (κ2) is 12.4. The molecule has 4 aromatic carbocycles. The van der Waals surface area contributed by atoms with Crippen LogP contribution in [-0.4, -0.2) is 30.5 Å². The standard InChI is InChI=1S/C34H30ClNO6/c1-4-41-29-18-23(13-16-28(29)40-3)31-30(33(38)34(39)36(31)26-12-8-11-25(35)19-26)32(37)24-14-15-27(21(2)17-24)42-20-22-9-6-5-7-10-22/h5-19,31,37H,4,20H2,1-3H3/b32-30-. The van der Waals surface area contributed by atoms with E-state index in [9.17, 15) is 14.7 Å². The van der Waals surface area contributed by atoms with E-state index in [1.54, 1.807) is 60.7 Å². The topological polar surface area (TPSA) is 85.3 Å². The number of anilines is 1. The number of carbonyl (C=O) groups excluding carboxylic acids is 2. The Labute approximate surface area is 249 Å². The normalized spacial score (nSPS) is 16.0. The van der Waals surface area contributed by atoms with Crippen molar-refractivity contribution in [2.24, 2.45) is 0 Å². The molecule has 1 saturated heterocycles. The van der Waals surface area contributed by atoms with Crippen molar-refractivity contribution in [3.63, 3.8) is 0 Å². The highest BCUT2D eigenvalue weighted by molar-refractivity contribution is 6.51. The Morgan fingerprint density at radius 3 is 2.33 bits per heavy atom. The van der Waals surface area contributed by atoms with Crippen LogP contribution in [0.5, 0.6) is 17.2 Å². The lowest BCUT2D eigenvalue weighted by Gasteiger charge is -2.26. The predicted octanol–water partition coefficient (Wildman–Crippen LogP) is 7.26. The zero-order chi connectivity index (χ0) is 29.8. The Bertz CT molecular complexity index is 1670. The number of methoxy groups -OCH3 is 1. The summed E-state index contributed by atoms with van der Waals surface area (Å²) in [5.74, 6) is -0.297. The molecule has 1 atom stereocenters. The third-order valence-corrected chi connectivity index (χ3v) is 7.25. The van der Waals surface area contributed by atoms with Gasteiger partial charge in [0.25, 0.3) is 11.7 Å². The summed E-state index contributed by atoms with van der Waals surface area (Å²) in [7, 11) is 1.53. The Morgan fingerprint density at radius 2 is 1.64 bits per heavy atom. The largest absolute Gasteiger partial charge is 0.507 e. The van der Waals surface area contributed by atoms with Gasteiger partial charge in [-0.25, -0.2) is 0 Å². The van der Waals surface area contributed by atoms with Gasteiger partial charge in [0, 0.05) is 16.3 Å². The number of halogens is 1. The molecule has 1 aliphatic heterocycles. The van der Waals surface area contributed by atoms with E-state index in [4.69, 9.17) is 25.8 Å². The molecule has 1 N–H and O–H groups in total. The number of hydrogen-bond acceptors (Lipinski definition) is 6. The van der Waals surface area contributed by atoms with Crippen molar-refractivity contribution in [3.05, 3.63) is 124 Å². The summed E-state index contributed by atoms with van der Waals surface area (Å²) < 4.78 is 17.2. The van der Waals surface area contributed by atoms with E-state index in [1.807, 2.05) is 44.2 Å². The molecule has 0 radical (unpaired) electrons. The fourth-order valence-electron chi connectivity index (χ4n) is 5.02. The monoisotopic (exact) mass is 583 g/mol. The highest BCUT2D eigenvalue weighted by atomic mass is 35.5. The van der Waals surface area contributed by atoms with Crippen LogP contribution in [0.4, 0.5) is 5.69 Å². The second-order valence-electron chi connectivity index (χ2n) is 9.75. The minimum atomic E-state index is -0.956. The maximum Gasteiger partial charge on any atom is 0.300 e. The van der Waals surface area contributed by atoms with Crippen LogP contribution < -0.4 is 19.1 Å². The third kappa shape index (κ3) is 5.69. The van der Waals surface area contributed by atoms with Crippen molar-refractivity contribution in [1.29, 1.82) is 0 Å². The summed E-state index contributed by atoms with van der Waals surface area (Å²) in [5, 5.41) is 12.0. The molecule has 0 bridgehead atoms. The van der Waals surface area contributed by atoms with Crippen LogP contribution >= 0.6 is 11.6 Å². The molecule has 0 aliphatic carbocycles. The molecular formula is C34H30ClNO6. The summed E-state index contributed by atoms with van der Waals surface area (Å²) in [6.07, 6.45) is 0. The van der Waals surface area contributed by atoms with Crippen LogP contribution in [0.25, 0.3) is 5.76 Å². The lowest BCUT2D eigenvalue weighted by molar-refractivity contribution is -0.132. The van der Waals surface area contributed by atoms with Crippen molar-refractivity contribution in [3.8, 4) is 17.2 Å². The molecule has 1 aliphatic rings. The molecule has 1 fully saturated rings. The first-order chi connectivity index (χ1) is 20.3. The van der Waals surface area contributed by atoms with Gasteiger partial charge in [0.05, 0.1) is 25.3 Å². The Morgan fingerprint density at radius 1 is 0.881 bits per heavy atom. The molecule has 0 aromatic heterocycles. The van der Waals surface area contributed by atoms with Gasteiger partial charge in [-0.05, 0) is 79.1 Å². The molecule has 8 heteroatoms. The first-order valence-electron chi connectivity index (χ1n) is 13.5. The van der Waals surface area contributed by atoms with E-state index >= 15 is 0 Å². The lowest BCUT2D eigenvalue weighted by Crippen LogP contribution is -2.29. The highest BCUT2D eigenvalue weighted by Crippen LogP contribution is 2.44. The van der Waals surface area contributed by atoms with E-state index in [2.05, 4.69) is 0 Å². The van der Waals surface area contributed by atoms with Crippen LogP contribution in [0.15, 0.2) is 96.6 Å². The molecule has 7 nitrogen and oxygen atoms in total. The number of ketones is 1. The predicted molar refractivity (Wildman–Crippen MR) is 162 cm³/mol. The van der Waals surface area contributed by atoms with E-state index in [0.717, 1.165) is 11.1 Å². The number of aryl methyl sites for hydroxylation is 1. The van der Waals surface area contributed by atoms with Gasteiger partial charge in [0.15, 0.2) is 11.5 Å². The molecule has 0 spiro atoms. The molecule has 214 valence electrons. The number of rotatable bonds is 9. The van der Waals surface area contributed by atoms with E-state index in [1.165, 1.54) is 12.0 Å². The number of Topliss-reactive ketones (excluding diaryl/α,β-unsaturated/α-hetero) is 1. The first kappa shape index (κ1) is 28.8. The summed E-state index contributed by atoms with van der Waals surface area (Å²) in [4.78, 5) is 28.5. The van der Waals surface area contributed by atoms with Gasteiger partial charge in [-0.2, -0.15) is 0 Å². The lowest BCUT2D eigenvalue weighted by atomic mass is 9.94. The fraction of sp³-hybridized carbons (Fsp3) is 0.176. The molecule has 42 heavy (non-hydrogen) atoms. The Kier molecular flexibility index (Phi) is 8.50. The number of aliphatic hydroxyl groups excluding tert-OH is 1. The van der Waals surface area contributed by atoms with Crippen LogP contribution in [-0.2, 0) is 16.2 Å². The van der Waals surface area contributed by atoms with Gasteiger partial charge in [-0.15, -0.1) is 0 Å². The maximum absolute atomic E-state index is 13.6. The van der Waals surface area contributed by atoms with Gasteiger partial charge in [0.2, 0.25) is 0 Å². The van der Waals surface area contributed by atoms with Gasteiger partial charge in [-0.1, -0.05) is 54.1 Å². The molecule has 1 heterocycles. The van der Waals surface area contributed by atoms with Crippen LogP contribution in [0.1, 0.15) is 35.2 Å². The van der Waals surface area contributed by atoms with Crippen molar-refractivity contribution >= 4 is 34.7 Å². The van der Waals surface area contributed by atoms with Crippen molar-refractivity contribution in [2.75, 3.05) is 18.6 Å². The van der Waals surface area contributed by atoms with Gasteiger partial charge >= 0.3 is 0 Å². The zero-order valence-electron chi connectivity index (χ0n) is 23.5. The van der Waals surface area contributed by atoms with Crippen LogP contribution in [0.3, 0.4) is 0 Å². The molecule has 5 rings (SSSR count). The van der Waals surface area contributed by atoms with Crippen molar-refractivity contribution in [1.82, 2.24) is 0 Å². The van der Waals surface area contributed by atoms with E-state index < -0.39 is 17.7 Å². The Balaban J connectivity index is 1.60. The number of carbonyl (C=O) groups is 2. The zero-order valence-corrected chi connectivity index (χ0v) is 24.2. The van der Waals surface area contributed by atoms with E-state index in [0.29, 0.717) is 52.3 Å². The number of benzene rings is 4. The number of aliphatic hydroxyl groups is 1. The van der Waals surface area contributed by atoms with Crippen molar-refractivity contribution < 1.29 is 28.9 Å². The second-order valence-corrected chi connectivity index (χ2v) is 10.2. The van der Waals surface area contributed by atoms with E-state index in [-0.39, 0.29) is 11.3 Å². The summed E-state index contributed by atoms with van der Waals surface area (Å²) in [5.41, 5.74) is 3.09. The van der Waals surface area contributed by atoms with Crippen molar-refractivity contribution in [2.45, 2.75) is 26.5 Å². The minimum Gasteiger partial charge on any atom is -0.507 e. The third-order valence-electron chi connectivity index (χ3n) is 7.02. The van der Waals surface area contributed by atoms with Gasteiger partial charge in [0.1, 0.15) is 18.1 Å².